The molecule has 0 saturated heterocycles. The van der Waals surface area contributed by atoms with Crippen LogP contribution >= 0.6 is 11.6 Å². The number of nitro benzene ring substituents is 1. The summed E-state index contributed by atoms with van der Waals surface area (Å²) in [7, 11) is 0. The number of anilines is 1. The number of nitrogens with two attached hydrogens (primary N) is 1. The lowest BCUT2D eigenvalue weighted by Crippen LogP contribution is -2.10. The van der Waals surface area contributed by atoms with Gasteiger partial charge in [0, 0.05) is 6.07 Å². The van der Waals surface area contributed by atoms with Crippen LogP contribution in [0.1, 0.15) is 12.5 Å². The molecule has 0 fully saturated rings. The fourth-order valence-corrected chi connectivity index (χ4v) is 1.74. The number of hydrogen-bond donors (Lipinski definition) is 2. The summed E-state index contributed by atoms with van der Waals surface area (Å²) in [5.74, 6) is 5.30. The topological polar surface area (TPSA) is 116 Å². The van der Waals surface area contributed by atoms with E-state index in [1.165, 1.54) is 18.3 Å². The monoisotopic (exact) mass is 309 g/mol. The zero-order valence-corrected chi connectivity index (χ0v) is 11.8. The van der Waals surface area contributed by atoms with Gasteiger partial charge in [0.05, 0.1) is 11.1 Å². The number of nitrogens with one attached hydrogen (secondary N) is 1. The van der Waals surface area contributed by atoms with Crippen molar-refractivity contribution >= 4 is 23.2 Å². The van der Waals surface area contributed by atoms with Crippen LogP contribution in [-0.2, 0) is 6.42 Å². The maximum atomic E-state index is 11.1. The highest BCUT2D eigenvalue weighted by atomic mass is 35.5. The second-order valence-corrected chi connectivity index (χ2v) is 4.41. The molecule has 0 aliphatic heterocycles. The summed E-state index contributed by atoms with van der Waals surface area (Å²) < 4.78 is 5.42. The molecule has 2 aromatic rings. The number of halogens is 1. The van der Waals surface area contributed by atoms with Gasteiger partial charge >= 0.3 is 5.69 Å². The molecule has 1 heterocycles. The number of aromatic nitrogens is 2. The first-order chi connectivity index (χ1) is 10.0. The minimum Gasteiger partial charge on any atom is -0.430 e. The molecule has 0 aliphatic carbocycles. The van der Waals surface area contributed by atoms with Crippen LogP contribution in [0.3, 0.4) is 0 Å². The Kier molecular flexibility index (Phi) is 4.51. The fourth-order valence-electron chi connectivity index (χ4n) is 1.61. The smallest absolute Gasteiger partial charge is 0.311 e. The molecule has 9 heteroatoms. The Morgan fingerprint density at radius 2 is 2.29 bits per heavy atom. The number of nitrogen functional groups attached to an aromatic ring is 1. The van der Waals surface area contributed by atoms with Crippen molar-refractivity contribution in [1.82, 2.24) is 9.97 Å². The van der Waals surface area contributed by atoms with E-state index in [1.54, 1.807) is 6.07 Å². The number of hydrazine groups is 1. The lowest BCUT2D eigenvalue weighted by molar-refractivity contribution is -0.385. The molecule has 21 heavy (non-hydrogen) atoms. The van der Waals surface area contributed by atoms with Crippen molar-refractivity contribution in [3.63, 3.8) is 0 Å². The first-order valence-corrected chi connectivity index (χ1v) is 6.37. The van der Waals surface area contributed by atoms with Gasteiger partial charge in [-0.25, -0.2) is 10.8 Å². The molecular formula is C12H12ClN5O3. The Hall–Kier alpha value is -2.45. The highest BCUT2D eigenvalue weighted by Gasteiger charge is 2.18. The Morgan fingerprint density at radius 3 is 2.90 bits per heavy atom. The minimum atomic E-state index is -0.522. The van der Waals surface area contributed by atoms with Crippen LogP contribution in [0.4, 0.5) is 11.6 Å². The fraction of sp³-hybridized carbons (Fsp3) is 0.167. The van der Waals surface area contributed by atoms with Crippen LogP contribution in [-0.4, -0.2) is 14.9 Å². The number of ether oxygens (including phenoxy) is 1. The molecule has 2 rings (SSSR count). The van der Waals surface area contributed by atoms with Gasteiger partial charge in [-0.15, -0.1) is 0 Å². The predicted molar refractivity (Wildman–Crippen MR) is 77.4 cm³/mol. The van der Waals surface area contributed by atoms with E-state index in [0.29, 0.717) is 6.42 Å². The summed E-state index contributed by atoms with van der Waals surface area (Å²) in [5, 5.41) is 11.2. The Bertz CT molecular complexity index is 680. The SMILES string of the molecule is CCc1ccc(Oc2nc(NN)ncc2Cl)c([N+](=O)[O-])c1. The van der Waals surface area contributed by atoms with Crippen molar-refractivity contribution in [1.29, 1.82) is 0 Å². The van der Waals surface area contributed by atoms with E-state index in [-0.39, 0.29) is 28.3 Å². The van der Waals surface area contributed by atoms with Crippen LogP contribution < -0.4 is 16.0 Å². The number of aryl methyl sites for hydroxylation is 1. The van der Waals surface area contributed by atoms with Crippen molar-refractivity contribution in [3.8, 4) is 11.6 Å². The molecule has 0 saturated carbocycles. The largest absolute Gasteiger partial charge is 0.430 e. The Labute approximate surface area is 125 Å². The van der Waals surface area contributed by atoms with E-state index in [4.69, 9.17) is 22.2 Å². The molecule has 0 aliphatic rings. The van der Waals surface area contributed by atoms with Crippen LogP contribution in [0.25, 0.3) is 0 Å². The standard InChI is InChI=1S/C12H12ClN5O3/c1-2-7-3-4-10(9(5-7)18(19)20)21-11-8(13)6-15-12(16-11)17-14/h3-6H,2,14H2,1H3,(H,15,16,17). The van der Waals surface area contributed by atoms with E-state index >= 15 is 0 Å². The van der Waals surface area contributed by atoms with Crippen molar-refractivity contribution < 1.29 is 9.66 Å². The third kappa shape index (κ3) is 3.36. The minimum absolute atomic E-state index is 0.0213. The summed E-state index contributed by atoms with van der Waals surface area (Å²) in [5.41, 5.74) is 2.91. The van der Waals surface area contributed by atoms with Gasteiger partial charge in [0.2, 0.25) is 17.6 Å². The number of nitrogens with zero attached hydrogens (tertiary/aromatic N) is 3. The van der Waals surface area contributed by atoms with Crippen molar-refractivity contribution in [3.05, 3.63) is 45.1 Å². The second-order valence-electron chi connectivity index (χ2n) is 4.01. The summed E-state index contributed by atoms with van der Waals surface area (Å²) in [4.78, 5) is 18.3. The molecule has 0 atom stereocenters. The molecule has 0 radical (unpaired) electrons. The molecule has 1 aromatic heterocycles. The average molecular weight is 310 g/mol. The van der Waals surface area contributed by atoms with Gasteiger partial charge in [-0.3, -0.25) is 15.5 Å². The molecule has 1 aromatic carbocycles. The van der Waals surface area contributed by atoms with Gasteiger partial charge < -0.3 is 4.74 Å². The van der Waals surface area contributed by atoms with Crippen molar-refractivity contribution in [2.24, 2.45) is 5.84 Å². The molecule has 0 spiro atoms. The molecular weight excluding hydrogens is 298 g/mol. The van der Waals surface area contributed by atoms with Crippen LogP contribution in [0.5, 0.6) is 11.6 Å². The summed E-state index contributed by atoms with van der Waals surface area (Å²) in [6, 6.07) is 4.69. The zero-order valence-electron chi connectivity index (χ0n) is 11.0. The van der Waals surface area contributed by atoms with Gasteiger partial charge in [-0.1, -0.05) is 24.6 Å². The number of nitro groups is 1. The molecule has 3 N–H and O–H groups in total. The lowest BCUT2D eigenvalue weighted by Gasteiger charge is -2.08. The highest BCUT2D eigenvalue weighted by Crippen LogP contribution is 2.34. The van der Waals surface area contributed by atoms with Crippen molar-refractivity contribution in [2.75, 3.05) is 5.43 Å². The Balaban J connectivity index is 2.41. The van der Waals surface area contributed by atoms with Gasteiger partial charge in [0.25, 0.3) is 0 Å². The third-order valence-corrected chi connectivity index (χ3v) is 2.94. The summed E-state index contributed by atoms with van der Waals surface area (Å²) in [6.07, 6.45) is 1.96. The van der Waals surface area contributed by atoms with E-state index in [1.807, 2.05) is 6.92 Å². The van der Waals surface area contributed by atoms with Crippen LogP contribution in [0, 0.1) is 10.1 Å². The number of benzene rings is 1. The van der Waals surface area contributed by atoms with E-state index in [0.717, 1.165) is 5.56 Å². The first kappa shape index (κ1) is 14.9. The molecule has 8 nitrogen and oxygen atoms in total. The lowest BCUT2D eigenvalue weighted by atomic mass is 10.1. The molecule has 110 valence electrons. The van der Waals surface area contributed by atoms with E-state index in [2.05, 4.69) is 15.4 Å². The van der Waals surface area contributed by atoms with Crippen LogP contribution in [0.2, 0.25) is 5.02 Å². The second kappa shape index (κ2) is 6.33. The Morgan fingerprint density at radius 1 is 1.52 bits per heavy atom. The van der Waals surface area contributed by atoms with E-state index < -0.39 is 4.92 Å². The highest BCUT2D eigenvalue weighted by molar-refractivity contribution is 6.31. The van der Waals surface area contributed by atoms with Gasteiger partial charge in [-0.2, -0.15) is 4.98 Å². The van der Waals surface area contributed by atoms with E-state index in [9.17, 15) is 10.1 Å². The quantitative estimate of drug-likeness (QED) is 0.495. The van der Waals surface area contributed by atoms with Crippen molar-refractivity contribution in [2.45, 2.75) is 13.3 Å². The normalized spacial score (nSPS) is 10.2. The average Bonchev–Trinajstić information content (AvgIpc) is 2.49. The summed E-state index contributed by atoms with van der Waals surface area (Å²) >= 11 is 5.91. The molecule has 0 unspecified atom stereocenters. The predicted octanol–water partition coefficient (Wildman–Crippen LogP) is 2.68. The van der Waals surface area contributed by atoms with Crippen LogP contribution in [0.15, 0.2) is 24.4 Å². The third-order valence-electron chi connectivity index (χ3n) is 2.68. The maximum Gasteiger partial charge on any atom is 0.311 e. The molecule has 0 amide bonds. The summed E-state index contributed by atoms with van der Waals surface area (Å²) in [6.45, 7) is 1.90. The van der Waals surface area contributed by atoms with Gasteiger partial charge in [0.1, 0.15) is 5.02 Å². The molecule has 0 bridgehead atoms. The van der Waals surface area contributed by atoms with Gasteiger partial charge in [-0.05, 0) is 18.1 Å². The number of rotatable bonds is 5. The van der Waals surface area contributed by atoms with Gasteiger partial charge in [0.15, 0.2) is 0 Å². The first-order valence-electron chi connectivity index (χ1n) is 5.99. The zero-order chi connectivity index (χ0) is 15.4. The number of hydrogen-bond acceptors (Lipinski definition) is 7. The maximum absolute atomic E-state index is 11.1.